The Bertz CT molecular complexity index is 919. The van der Waals surface area contributed by atoms with Gasteiger partial charge in [0, 0.05) is 48.9 Å². The highest BCUT2D eigenvalue weighted by molar-refractivity contribution is 5.94. The lowest BCUT2D eigenvalue weighted by molar-refractivity contribution is 0.0907. The van der Waals surface area contributed by atoms with Crippen LogP contribution in [-0.4, -0.2) is 49.6 Å². The fourth-order valence-electron chi connectivity index (χ4n) is 3.18. The normalized spacial score (nSPS) is 19.1. The zero-order valence-electron chi connectivity index (χ0n) is 14.2. The van der Waals surface area contributed by atoms with E-state index >= 15 is 0 Å². The number of aliphatic hydroxyl groups is 1. The average Bonchev–Trinajstić information content (AvgIpc) is 3.10. The molecule has 8 heteroatoms. The Labute approximate surface area is 150 Å². The van der Waals surface area contributed by atoms with Gasteiger partial charge in [-0.05, 0) is 25.0 Å². The van der Waals surface area contributed by atoms with Gasteiger partial charge in [-0.15, -0.1) is 0 Å². The van der Waals surface area contributed by atoms with Crippen molar-refractivity contribution in [2.45, 2.75) is 24.8 Å². The van der Waals surface area contributed by atoms with Crippen molar-refractivity contribution in [1.29, 1.82) is 0 Å². The molecule has 1 amide bonds. The van der Waals surface area contributed by atoms with Gasteiger partial charge in [0.15, 0.2) is 0 Å². The average molecular weight is 352 g/mol. The molecule has 1 aliphatic carbocycles. The molecule has 3 aromatic heterocycles. The lowest BCUT2D eigenvalue weighted by Crippen LogP contribution is -2.43. The molecule has 134 valence electrons. The third kappa shape index (κ3) is 3.36. The number of carbonyl (C=O) groups is 1. The lowest BCUT2D eigenvalue weighted by atomic mass is 9.78. The van der Waals surface area contributed by atoms with E-state index in [1.807, 2.05) is 22.7 Å². The van der Waals surface area contributed by atoms with Crippen LogP contribution in [0.25, 0.3) is 5.65 Å². The first-order chi connectivity index (χ1) is 12.7. The molecule has 1 fully saturated rings. The summed E-state index contributed by atoms with van der Waals surface area (Å²) >= 11 is 0. The molecule has 3 aromatic rings. The number of fused-ring (bicyclic) bond motifs is 1. The van der Waals surface area contributed by atoms with E-state index in [-0.39, 0.29) is 18.6 Å². The van der Waals surface area contributed by atoms with Crippen LogP contribution >= 0.6 is 0 Å². The van der Waals surface area contributed by atoms with Crippen molar-refractivity contribution in [3.8, 4) is 0 Å². The second-order valence-electron chi connectivity index (χ2n) is 6.43. The molecule has 0 aliphatic heterocycles. The third-order valence-electron chi connectivity index (χ3n) is 4.65. The largest absolute Gasteiger partial charge is 0.395 e. The number of anilines is 1. The number of hydrogen-bond donors (Lipinski definition) is 3. The van der Waals surface area contributed by atoms with Crippen LogP contribution < -0.4 is 10.6 Å². The van der Waals surface area contributed by atoms with Gasteiger partial charge in [-0.3, -0.25) is 4.79 Å². The van der Waals surface area contributed by atoms with Gasteiger partial charge in [-0.25, -0.2) is 15.0 Å². The Balaban J connectivity index is 1.34. The molecule has 3 heterocycles. The van der Waals surface area contributed by atoms with Gasteiger partial charge in [-0.2, -0.15) is 0 Å². The number of nitrogens with one attached hydrogen (secondary N) is 2. The molecule has 26 heavy (non-hydrogen) atoms. The molecule has 0 atom stereocenters. The van der Waals surface area contributed by atoms with Crippen LogP contribution in [0.4, 0.5) is 5.82 Å². The van der Waals surface area contributed by atoms with E-state index in [1.54, 1.807) is 18.5 Å². The van der Waals surface area contributed by atoms with E-state index in [1.165, 1.54) is 6.33 Å². The predicted octanol–water partition coefficient (Wildman–Crippen LogP) is 1.20. The molecular weight excluding hydrogens is 332 g/mol. The number of hydrogen-bond acceptors (Lipinski definition) is 6. The van der Waals surface area contributed by atoms with E-state index in [0.29, 0.717) is 23.8 Å². The molecule has 0 bridgehead atoms. The zero-order chi connectivity index (χ0) is 17.9. The van der Waals surface area contributed by atoms with Crippen molar-refractivity contribution >= 4 is 17.4 Å². The van der Waals surface area contributed by atoms with E-state index in [0.717, 1.165) is 24.2 Å². The van der Waals surface area contributed by atoms with Crippen LogP contribution in [-0.2, 0) is 0 Å². The molecule has 3 N–H and O–H groups in total. The quantitative estimate of drug-likeness (QED) is 0.616. The summed E-state index contributed by atoms with van der Waals surface area (Å²) in [6.45, 7) is 0.517. The first-order valence-corrected chi connectivity index (χ1v) is 8.63. The Hall–Kier alpha value is -3.00. The fourth-order valence-corrected chi connectivity index (χ4v) is 3.18. The predicted molar refractivity (Wildman–Crippen MR) is 96.0 cm³/mol. The van der Waals surface area contributed by atoms with Crippen LogP contribution in [0.5, 0.6) is 0 Å². The lowest BCUT2D eigenvalue weighted by Gasteiger charge is -2.35. The van der Waals surface area contributed by atoms with Gasteiger partial charge in [-0.1, -0.05) is 0 Å². The summed E-state index contributed by atoms with van der Waals surface area (Å²) in [5.41, 5.74) is 2.40. The highest BCUT2D eigenvalue weighted by Gasteiger charge is 2.32. The second kappa shape index (κ2) is 7.09. The maximum absolute atomic E-state index is 12.4. The number of amides is 1. The fraction of sp³-hybridized carbons (Fsp3) is 0.333. The Morgan fingerprint density at radius 3 is 3.00 bits per heavy atom. The van der Waals surface area contributed by atoms with Gasteiger partial charge in [0.1, 0.15) is 17.8 Å². The molecule has 0 unspecified atom stereocenters. The van der Waals surface area contributed by atoms with Gasteiger partial charge in [0.05, 0.1) is 12.2 Å². The van der Waals surface area contributed by atoms with E-state index in [2.05, 4.69) is 25.6 Å². The SMILES string of the molecule is O=C(NC1CC(c2cc(NCCO)ncn2)C1)c1ccc2nccn2c1. The van der Waals surface area contributed by atoms with Crippen molar-refractivity contribution < 1.29 is 9.90 Å². The topological polar surface area (TPSA) is 104 Å². The van der Waals surface area contributed by atoms with Crippen LogP contribution in [0.3, 0.4) is 0 Å². The summed E-state index contributed by atoms with van der Waals surface area (Å²) < 4.78 is 1.83. The minimum absolute atomic E-state index is 0.0573. The monoisotopic (exact) mass is 352 g/mol. The third-order valence-corrected chi connectivity index (χ3v) is 4.65. The molecule has 0 aromatic carbocycles. The van der Waals surface area contributed by atoms with E-state index < -0.39 is 0 Å². The van der Waals surface area contributed by atoms with Crippen molar-refractivity contribution in [2.75, 3.05) is 18.5 Å². The Kier molecular flexibility index (Phi) is 4.49. The molecule has 0 spiro atoms. The molecule has 1 aliphatic rings. The summed E-state index contributed by atoms with van der Waals surface area (Å²) in [5.74, 6) is 0.955. The van der Waals surface area contributed by atoms with Crippen LogP contribution in [0.1, 0.15) is 34.8 Å². The molecule has 1 saturated carbocycles. The van der Waals surface area contributed by atoms with E-state index in [9.17, 15) is 4.79 Å². The summed E-state index contributed by atoms with van der Waals surface area (Å²) in [4.78, 5) is 25.1. The minimum Gasteiger partial charge on any atom is -0.395 e. The summed E-state index contributed by atoms with van der Waals surface area (Å²) in [6, 6.07) is 5.68. The molecule has 0 radical (unpaired) electrons. The van der Waals surface area contributed by atoms with Gasteiger partial charge in [0.2, 0.25) is 0 Å². The minimum atomic E-state index is -0.0722. The highest BCUT2D eigenvalue weighted by atomic mass is 16.3. The molecule has 0 saturated heterocycles. The first kappa shape index (κ1) is 16.5. The number of aromatic nitrogens is 4. The van der Waals surface area contributed by atoms with E-state index in [4.69, 9.17) is 5.11 Å². The second-order valence-corrected chi connectivity index (χ2v) is 6.43. The number of nitrogens with zero attached hydrogens (tertiary/aromatic N) is 4. The summed E-state index contributed by atoms with van der Waals surface area (Å²) in [5, 5.41) is 15.0. The van der Waals surface area contributed by atoms with Crippen molar-refractivity contribution in [1.82, 2.24) is 24.7 Å². The molecule has 8 nitrogen and oxygen atoms in total. The standard InChI is InChI=1S/C18H20N6O2/c25-6-4-19-16-9-15(21-11-22-16)13-7-14(8-13)23-18(26)12-1-2-17-20-3-5-24(17)10-12/h1-3,5,9-11,13-14,25H,4,6-8H2,(H,23,26)(H,19,21,22). The van der Waals surface area contributed by atoms with Crippen molar-refractivity contribution in [3.05, 3.63) is 54.4 Å². The maximum atomic E-state index is 12.4. The first-order valence-electron chi connectivity index (χ1n) is 8.63. The molecule has 4 rings (SSSR count). The van der Waals surface area contributed by atoms with Gasteiger partial charge < -0.3 is 20.1 Å². The number of rotatable bonds is 6. The summed E-state index contributed by atoms with van der Waals surface area (Å²) in [7, 11) is 0. The zero-order valence-corrected chi connectivity index (χ0v) is 14.2. The maximum Gasteiger partial charge on any atom is 0.252 e. The number of pyridine rings is 1. The number of aliphatic hydroxyl groups excluding tert-OH is 1. The Morgan fingerprint density at radius 2 is 2.15 bits per heavy atom. The highest BCUT2D eigenvalue weighted by Crippen LogP contribution is 2.36. The smallest absolute Gasteiger partial charge is 0.252 e. The van der Waals surface area contributed by atoms with Gasteiger partial charge >= 0.3 is 0 Å². The van der Waals surface area contributed by atoms with Crippen LogP contribution in [0.2, 0.25) is 0 Å². The Morgan fingerprint density at radius 1 is 1.27 bits per heavy atom. The van der Waals surface area contributed by atoms with Crippen molar-refractivity contribution in [2.24, 2.45) is 0 Å². The van der Waals surface area contributed by atoms with Gasteiger partial charge in [0.25, 0.3) is 5.91 Å². The number of carbonyl (C=O) groups excluding carboxylic acids is 1. The van der Waals surface area contributed by atoms with Crippen LogP contribution in [0, 0.1) is 0 Å². The number of imidazole rings is 1. The molecular formula is C18H20N6O2. The van der Waals surface area contributed by atoms with Crippen molar-refractivity contribution in [3.63, 3.8) is 0 Å². The van der Waals surface area contributed by atoms with Crippen LogP contribution in [0.15, 0.2) is 43.1 Å². The summed E-state index contributed by atoms with van der Waals surface area (Å²) in [6.07, 6.45) is 8.56.